The van der Waals surface area contributed by atoms with Gasteiger partial charge in [-0.15, -0.1) is 0 Å². The van der Waals surface area contributed by atoms with E-state index in [-0.39, 0.29) is 0 Å². The zero-order valence-electron chi connectivity index (χ0n) is 11.7. The summed E-state index contributed by atoms with van der Waals surface area (Å²) in [6.07, 6.45) is 4.96. The van der Waals surface area contributed by atoms with E-state index in [1.165, 1.54) is 12.0 Å². The zero-order valence-corrected chi connectivity index (χ0v) is 11.7. The molecule has 0 saturated carbocycles. The first kappa shape index (κ1) is 13.1. The van der Waals surface area contributed by atoms with Crippen LogP contribution in [0.2, 0.25) is 0 Å². The summed E-state index contributed by atoms with van der Waals surface area (Å²) in [6.45, 7) is 4.26. The van der Waals surface area contributed by atoms with Gasteiger partial charge in [0, 0.05) is 31.5 Å². The summed E-state index contributed by atoms with van der Waals surface area (Å²) in [7, 11) is 0. The number of benzene rings is 1. The fourth-order valence-electron chi connectivity index (χ4n) is 3.12. The van der Waals surface area contributed by atoms with Crippen LogP contribution in [-0.2, 0) is 6.54 Å². The maximum atomic E-state index is 9.59. The molecule has 2 atom stereocenters. The van der Waals surface area contributed by atoms with Crippen molar-refractivity contribution in [1.29, 1.82) is 0 Å². The molecule has 0 aliphatic carbocycles. The second-order valence-corrected chi connectivity index (χ2v) is 5.74. The molecule has 1 N–H and O–H groups in total. The molecule has 1 saturated heterocycles. The number of phenols is 1. The highest BCUT2D eigenvalue weighted by Gasteiger charge is 2.30. The standard InChI is InChI=1S/C17H20N2O/c1-13-8-17(15-5-3-7-18-10-15)19(11-13)12-14-4-2-6-16(20)9-14/h2-7,9-10,13,17,20H,8,11-12H2,1H3/t13-,17+/m0/s1. The lowest BCUT2D eigenvalue weighted by molar-refractivity contribution is 0.245. The summed E-state index contributed by atoms with van der Waals surface area (Å²) >= 11 is 0. The lowest BCUT2D eigenvalue weighted by Gasteiger charge is -2.24. The molecule has 2 aromatic rings. The topological polar surface area (TPSA) is 36.4 Å². The molecule has 1 fully saturated rings. The van der Waals surface area contributed by atoms with E-state index >= 15 is 0 Å². The van der Waals surface area contributed by atoms with E-state index in [0.717, 1.165) is 18.7 Å². The van der Waals surface area contributed by atoms with Gasteiger partial charge in [0.05, 0.1) is 0 Å². The van der Waals surface area contributed by atoms with E-state index in [9.17, 15) is 5.11 Å². The lowest BCUT2D eigenvalue weighted by Crippen LogP contribution is -2.23. The van der Waals surface area contributed by atoms with Crippen LogP contribution in [0.4, 0.5) is 0 Å². The number of nitrogens with zero attached hydrogens (tertiary/aromatic N) is 2. The number of aromatic nitrogens is 1. The van der Waals surface area contributed by atoms with Crippen molar-refractivity contribution < 1.29 is 5.11 Å². The summed E-state index contributed by atoms with van der Waals surface area (Å²) in [5, 5.41) is 9.59. The zero-order chi connectivity index (χ0) is 13.9. The van der Waals surface area contributed by atoms with Gasteiger partial charge in [0.25, 0.3) is 0 Å². The minimum absolute atomic E-state index is 0.340. The molecule has 0 bridgehead atoms. The molecule has 0 unspecified atom stereocenters. The molecule has 104 valence electrons. The Morgan fingerprint density at radius 1 is 1.30 bits per heavy atom. The second kappa shape index (κ2) is 5.63. The van der Waals surface area contributed by atoms with Crippen LogP contribution in [0, 0.1) is 5.92 Å². The van der Waals surface area contributed by atoms with Crippen molar-refractivity contribution in [1.82, 2.24) is 9.88 Å². The van der Waals surface area contributed by atoms with Gasteiger partial charge in [0.2, 0.25) is 0 Å². The molecule has 3 heteroatoms. The molecule has 0 amide bonds. The van der Waals surface area contributed by atoms with Crippen molar-refractivity contribution in [3.05, 3.63) is 59.9 Å². The monoisotopic (exact) mass is 268 g/mol. The molecule has 3 nitrogen and oxygen atoms in total. The number of phenolic OH excluding ortho intramolecular Hbond substituents is 1. The van der Waals surface area contributed by atoms with Crippen LogP contribution < -0.4 is 0 Å². The average molecular weight is 268 g/mol. The Morgan fingerprint density at radius 3 is 2.95 bits per heavy atom. The first-order valence-corrected chi connectivity index (χ1v) is 7.14. The van der Waals surface area contributed by atoms with E-state index in [0.29, 0.717) is 17.7 Å². The number of likely N-dealkylation sites (tertiary alicyclic amines) is 1. The van der Waals surface area contributed by atoms with Crippen LogP contribution in [0.5, 0.6) is 5.75 Å². The largest absolute Gasteiger partial charge is 0.508 e. The fraction of sp³-hybridized carbons (Fsp3) is 0.353. The van der Waals surface area contributed by atoms with Gasteiger partial charge in [-0.1, -0.05) is 25.1 Å². The summed E-state index contributed by atoms with van der Waals surface area (Å²) in [5.41, 5.74) is 2.45. The lowest BCUT2D eigenvalue weighted by atomic mass is 10.0. The summed E-state index contributed by atoms with van der Waals surface area (Å²) < 4.78 is 0. The molecule has 1 aromatic heterocycles. The van der Waals surface area contributed by atoms with Gasteiger partial charge in [-0.05, 0) is 41.7 Å². The van der Waals surface area contributed by atoms with Crippen LogP contribution in [0.15, 0.2) is 48.8 Å². The van der Waals surface area contributed by atoms with Crippen molar-refractivity contribution >= 4 is 0 Å². The van der Waals surface area contributed by atoms with E-state index in [1.54, 1.807) is 6.07 Å². The third-order valence-corrected chi connectivity index (χ3v) is 3.98. The molecule has 1 aliphatic rings. The van der Waals surface area contributed by atoms with Gasteiger partial charge in [0.15, 0.2) is 0 Å². The maximum absolute atomic E-state index is 9.59. The van der Waals surface area contributed by atoms with E-state index in [4.69, 9.17) is 0 Å². The number of pyridine rings is 1. The fourth-order valence-corrected chi connectivity index (χ4v) is 3.12. The van der Waals surface area contributed by atoms with Crippen LogP contribution in [0.3, 0.4) is 0 Å². The highest BCUT2D eigenvalue weighted by Crippen LogP contribution is 2.36. The van der Waals surface area contributed by atoms with Crippen molar-refractivity contribution in [2.45, 2.75) is 25.9 Å². The normalized spacial score (nSPS) is 23.1. The number of aromatic hydroxyl groups is 1. The number of rotatable bonds is 3. The molecule has 1 aromatic carbocycles. The smallest absolute Gasteiger partial charge is 0.115 e. The van der Waals surface area contributed by atoms with Crippen molar-refractivity contribution in [3.63, 3.8) is 0 Å². The van der Waals surface area contributed by atoms with Crippen LogP contribution in [-0.4, -0.2) is 21.5 Å². The van der Waals surface area contributed by atoms with Gasteiger partial charge in [-0.25, -0.2) is 0 Å². The third-order valence-electron chi connectivity index (χ3n) is 3.98. The Labute approximate surface area is 119 Å². The molecule has 3 rings (SSSR count). The van der Waals surface area contributed by atoms with Crippen LogP contribution in [0.1, 0.15) is 30.5 Å². The number of hydrogen-bond acceptors (Lipinski definition) is 3. The van der Waals surface area contributed by atoms with Gasteiger partial charge < -0.3 is 5.11 Å². The van der Waals surface area contributed by atoms with Crippen molar-refractivity contribution in [2.24, 2.45) is 5.92 Å². The summed E-state index contributed by atoms with van der Waals surface area (Å²) in [5.74, 6) is 1.03. The van der Waals surface area contributed by atoms with E-state index < -0.39 is 0 Å². The molecule has 2 heterocycles. The van der Waals surface area contributed by atoms with Crippen LogP contribution in [0.25, 0.3) is 0 Å². The third kappa shape index (κ3) is 2.83. The highest BCUT2D eigenvalue weighted by molar-refractivity contribution is 5.27. The number of hydrogen-bond donors (Lipinski definition) is 1. The first-order chi connectivity index (χ1) is 9.72. The van der Waals surface area contributed by atoms with Gasteiger partial charge >= 0.3 is 0 Å². The second-order valence-electron chi connectivity index (χ2n) is 5.74. The first-order valence-electron chi connectivity index (χ1n) is 7.14. The molecular weight excluding hydrogens is 248 g/mol. The Morgan fingerprint density at radius 2 is 2.20 bits per heavy atom. The summed E-state index contributed by atoms with van der Waals surface area (Å²) in [6, 6.07) is 12.1. The molecule has 0 radical (unpaired) electrons. The highest BCUT2D eigenvalue weighted by atomic mass is 16.3. The van der Waals surface area contributed by atoms with Crippen molar-refractivity contribution in [3.8, 4) is 5.75 Å². The van der Waals surface area contributed by atoms with E-state index in [2.05, 4.69) is 28.9 Å². The van der Waals surface area contributed by atoms with Crippen molar-refractivity contribution in [2.75, 3.05) is 6.54 Å². The molecule has 1 aliphatic heterocycles. The van der Waals surface area contributed by atoms with Crippen LogP contribution >= 0.6 is 0 Å². The van der Waals surface area contributed by atoms with E-state index in [1.807, 2.05) is 30.6 Å². The van der Waals surface area contributed by atoms with Gasteiger partial charge in [-0.2, -0.15) is 0 Å². The molecule has 0 spiro atoms. The quantitative estimate of drug-likeness (QED) is 0.927. The summed E-state index contributed by atoms with van der Waals surface area (Å²) in [4.78, 5) is 6.73. The Balaban J connectivity index is 1.80. The minimum atomic E-state index is 0.340. The minimum Gasteiger partial charge on any atom is -0.508 e. The van der Waals surface area contributed by atoms with Gasteiger partial charge in [-0.3, -0.25) is 9.88 Å². The average Bonchev–Trinajstić information content (AvgIpc) is 2.80. The SMILES string of the molecule is C[C@H]1C[C@H](c2cccnc2)N(Cc2cccc(O)c2)C1. The Bertz CT molecular complexity index is 570. The Kier molecular flexibility index (Phi) is 3.70. The maximum Gasteiger partial charge on any atom is 0.115 e. The predicted octanol–water partition coefficient (Wildman–Crippen LogP) is 3.37. The molecule has 20 heavy (non-hydrogen) atoms. The Hall–Kier alpha value is -1.87. The molecular formula is C17H20N2O. The predicted molar refractivity (Wildman–Crippen MR) is 79.3 cm³/mol. The van der Waals surface area contributed by atoms with Gasteiger partial charge in [0.1, 0.15) is 5.75 Å².